The molecule has 8 heteroatoms. The number of pyridine rings is 1. The molecule has 0 saturated carbocycles. The van der Waals surface area contributed by atoms with Gasteiger partial charge in [0.2, 0.25) is 5.88 Å². The first-order valence-corrected chi connectivity index (χ1v) is 5.69. The average Bonchev–Trinajstić information content (AvgIpc) is 2.76. The minimum absolute atomic E-state index is 0.0296. The van der Waals surface area contributed by atoms with Crippen LogP contribution < -0.4 is 10.3 Å². The molecule has 0 fully saturated rings. The summed E-state index contributed by atoms with van der Waals surface area (Å²) < 4.78 is 42.2. The van der Waals surface area contributed by atoms with Crippen molar-refractivity contribution in [1.82, 2.24) is 4.98 Å². The fourth-order valence-electron chi connectivity index (χ4n) is 1.27. The van der Waals surface area contributed by atoms with Gasteiger partial charge in [0.15, 0.2) is 5.06 Å². The van der Waals surface area contributed by atoms with E-state index in [4.69, 9.17) is 10.00 Å². The number of hydrogen-bond acceptors (Lipinski definition) is 4. The topological polar surface area (TPSA) is 65.9 Å². The van der Waals surface area contributed by atoms with E-state index in [9.17, 15) is 18.0 Å². The average molecular weight is 286 g/mol. The van der Waals surface area contributed by atoms with Gasteiger partial charge in [0.1, 0.15) is 4.88 Å². The molecule has 0 saturated heterocycles. The number of thiophene rings is 1. The van der Waals surface area contributed by atoms with Crippen LogP contribution >= 0.6 is 11.3 Å². The zero-order valence-electron chi connectivity index (χ0n) is 9.12. The third-order valence-corrected chi connectivity index (χ3v) is 3.03. The van der Waals surface area contributed by atoms with Gasteiger partial charge in [-0.1, -0.05) is 11.3 Å². The summed E-state index contributed by atoms with van der Waals surface area (Å²) in [6.07, 6.45) is -4.44. The summed E-state index contributed by atoms with van der Waals surface area (Å²) in [7, 11) is 0. The Balaban J connectivity index is 2.27. The third kappa shape index (κ3) is 3.14. The normalized spacial score (nSPS) is 11.1. The number of rotatable bonds is 2. The molecule has 0 radical (unpaired) electrons. The van der Waals surface area contributed by atoms with Crippen molar-refractivity contribution in [3.8, 4) is 17.0 Å². The molecule has 0 atom stereocenters. The van der Waals surface area contributed by atoms with Crippen LogP contribution in [-0.2, 0) is 6.18 Å². The van der Waals surface area contributed by atoms with Crippen LogP contribution in [0.25, 0.3) is 0 Å². The van der Waals surface area contributed by atoms with Gasteiger partial charge in [-0.05, 0) is 12.1 Å². The molecular weight excluding hydrogens is 281 g/mol. The fourth-order valence-corrected chi connectivity index (χ4v) is 2.01. The van der Waals surface area contributed by atoms with Gasteiger partial charge < -0.3 is 4.74 Å². The van der Waals surface area contributed by atoms with Crippen LogP contribution in [0.2, 0.25) is 0 Å². The van der Waals surface area contributed by atoms with Crippen LogP contribution in [0.3, 0.4) is 0 Å². The van der Waals surface area contributed by atoms with Gasteiger partial charge in [-0.15, -0.1) is 0 Å². The predicted octanol–water partition coefficient (Wildman–Crippen LogP) is 3.12. The van der Waals surface area contributed by atoms with E-state index < -0.39 is 16.6 Å². The highest BCUT2D eigenvalue weighted by atomic mass is 32.1. The van der Waals surface area contributed by atoms with Gasteiger partial charge >= 0.3 is 6.18 Å². The zero-order valence-corrected chi connectivity index (χ0v) is 9.93. The lowest BCUT2D eigenvalue weighted by Crippen LogP contribution is -2.05. The minimum Gasteiger partial charge on any atom is -0.430 e. The molecule has 1 N–H and O–H groups in total. The van der Waals surface area contributed by atoms with E-state index in [1.54, 1.807) is 6.07 Å². The molecule has 0 aromatic carbocycles. The Morgan fingerprint density at radius 2 is 2.05 bits per heavy atom. The SMILES string of the molecule is N#Cc1cc(Oc2ccc(C(F)(F)F)s2)[nH]c(=O)c1. The number of halogens is 3. The zero-order chi connectivity index (χ0) is 14.0. The molecule has 2 rings (SSSR count). The van der Waals surface area contributed by atoms with Gasteiger partial charge in [-0.3, -0.25) is 9.78 Å². The number of aromatic amines is 1. The standard InChI is InChI=1S/C11H5F3N2O2S/c12-11(13,14)7-1-2-10(19-7)18-9-4-6(5-15)3-8(17)16-9/h1-4H,(H,16,17). The fraction of sp³-hybridized carbons (Fsp3) is 0.0909. The maximum absolute atomic E-state index is 12.4. The van der Waals surface area contributed by atoms with Crippen molar-refractivity contribution in [3.63, 3.8) is 0 Å². The predicted molar refractivity (Wildman–Crippen MR) is 61.2 cm³/mol. The lowest BCUT2D eigenvalue weighted by molar-refractivity contribution is -0.134. The first-order valence-electron chi connectivity index (χ1n) is 4.88. The minimum atomic E-state index is -4.44. The summed E-state index contributed by atoms with van der Waals surface area (Å²) in [6.45, 7) is 0. The van der Waals surface area contributed by atoms with Crippen LogP contribution in [0.1, 0.15) is 10.4 Å². The molecule has 0 aliphatic carbocycles. The number of H-pyrrole nitrogens is 1. The number of aromatic nitrogens is 1. The molecule has 2 aromatic heterocycles. The molecule has 0 spiro atoms. The van der Waals surface area contributed by atoms with Crippen LogP contribution in [0.5, 0.6) is 10.9 Å². The van der Waals surface area contributed by atoms with Crippen molar-refractivity contribution in [1.29, 1.82) is 5.26 Å². The number of hydrogen-bond donors (Lipinski definition) is 1. The van der Waals surface area contributed by atoms with Gasteiger partial charge in [0.05, 0.1) is 11.6 Å². The van der Waals surface area contributed by atoms with E-state index in [1.807, 2.05) is 0 Å². The summed E-state index contributed by atoms with van der Waals surface area (Å²) in [4.78, 5) is 12.6. The third-order valence-electron chi connectivity index (χ3n) is 2.02. The van der Waals surface area contributed by atoms with E-state index in [0.717, 1.165) is 18.2 Å². The maximum atomic E-state index is 12.4. The molecule has 98 valence electrons. The second kappa shape index (κ2) is 4.78. The van der Waals surface area contributed by atoms with Crippen molar-refractivity contribution >= 4 is 11.3 Å². The van der Waals surface area contributed by atoms with Gasteiger partial charge in [-0.25, -0.2) is 0 Å². The van der Waals surface area contributed by atoms with Crippen molar-refractivity contribution in [3.05, 3.63) is 45.1 Å². The largest absolute Gasteiger partial charge is 0.430 e. The first-order chi connectivity index (χ1) is 8.88. The van der Waals surface area contributed by atoms with Gasteiger partial charge in [0, 0.05) is 12.1 Å². The Morgan fingerprint density at radius 1 is 1.32 bits per heavy atom. The number of nitrogens with zero attached hydrogens (tertiary/aromatic N) is 1. The van der Waals surface area contributed by atoms with Gasteiger partial charge in [-0.2, -0.15) is 18.4 Å². The molecule has 2 heterocycles. The number of alkyl halides is 3. The van der Waals surface area contributed by atoms with Gasteiger partial charge in [0.25, 0.3) is 5.56 Å². The molecule has 4 nitrogen and oxygen atoms in total. The highest BCUT2D eigenvalue weighted by Crippen LogP contribution is 2.38. The van der Waals surface area contributed by atoms with Crippen molar-refractivity contribution in [2.24, 2.45) is 0 Å². The smallest absolute Gasteiger partial charge is 0.425 e. The number of nitriles is 1. The van der Waals surface area contributed by atoms with Crippen molar-refractivity contribution < 1.29 is 17.9 Å². The number of nitrogens with one attached hydrogen (secondary N) is 1. The van der Waals surface area contributed by atoms with Crippen molar-refractivity contribution in [2.75, 3.05) is 0 Å². The van der Waals surface area contributed by atoms with E-state index in [0.29, 0.717) is 11.3 Å². The number of ether oxygens (including phenoxy) is 1. The molecule has 19 heavy (non-hydrogen) atoms. The monoisotopic (exact) mass is 286 g/mol. The highest BCUT2D eigenvalue weighted by Gasteiger charge is 2.32. The Labute approximate surface area is 108 Å². The highest BCUT2D eigenvalue weighted by molar-refractivity contribution is 7.13. The van der Waals surface area contributed by atoms with E-state index in [1.165, 1.54) is 6.07 Å². The molecule has 0 aliphatic heterocycles. The summed E-state index contributed by atoms with van der Waals surface area (Å²) in [5.74, 6) is -0.0837. The summed E-state index contributed by atoms with van der Waals surface area (Å²) in [6, 6.07) is 6.06. The first kappa shape index (κ1) is 13.2. The summed E-state index contributed by atoms with van der Waals surface area (Å²) in [5.41, 5.74) is -0.506. The molecule has 0 aliphatic rings. The summed E-state index contributed by atoms with van der Waals surface area (Å²) >= 11 is 0.402. The maximum Gasteiger partial charge on any atom is 0.425 e. The van der Waals surface area contributed by atoms with Crippen LogP contribution in [-0.4, -0.2) is 4.98 Å². The van der Waals surface area contributed by atoms with Crippen LogP contribution in [0, 0.1) is 11.3 Å². The Kier molecular flexibility index (Phi) is 3.31. The Bertz CT molecular complexity index is 697. The Hall–Kier alpha value is -2.27. The van der Waals surface area contributed by atoms with E-state index in [-0.39, 0.29) is 16.5 Å². The van der Waals surface area contributed by atoms with Crippen LogP contribution in [0.15, 0.2) is 29.1 Å². The molecule has 2 aromatic rings. The lowest BCUT2D eigenvalue weighted by atomic mass is 10.3. The second-order valence-corrected chi connectivity index (χ2v) is 4.47. The summed E-state index contributed by atoms with van der Waals surface area (Å²) in [5, 5.41) is 8.63. The molecule has 0 bridgehead atoms. The van der Waals surface area contributed by atoms with E-state index >= 15 is 0 Å². The molecule has 0 amide bonds. The second-order valence-electron chi connectivity index (χ2n) is 3.43. The van der Waals surface area contributed by atoms with Crippen LogP contribution in [0.4, 0.5) is 13.2 Å². The molecular formula is C11H5F3N2O2S. The lowest BCUT2D eigenvalue weighted by Gasteiger charge is -2.03. The Morgan fingerprint density at radius 3 is 2.63 bits per heavy atom. The van der Waals surface area contributed by atoms with E-state index in [2.05, 4.69) is 4.98 Å². The quantitative estimate of drug-likeness (QED) is 0.922. The molecule has 0 unspecified atom stereocenters. The van der Waals surface area contributed by atoms with Crippen molar-refractivity contribution in [2.45, 2.75) is 6.18 Å².